The molecule has 100 valence electrons. The van der Waals surface area contributed by atoms with Crippen molar-refractivity contribution in [2.45, 2.75) is 37.1 Å². The molecule has 1 aromatic carbocycles. The molecule has 2 rings (SSSR count). The van der Waals surface area contributed by atoms with Crippen LogP contribution in [0.15, 0.2) is 29.2 Å². The summed E-state index contributed by atoms with van der Waals surface area (Å²) >= 11 is 0. The first-order valence-electron chi connectivity index (χ1n) is 5.77. The highest BCUT2D eigenvalue weighted by Crippen LogP contribution is 2.20. The Morgan fingerprint density at radius 2 is 2.00 bits per heavy atom. The van der Waals surface area contributed by atoms with Gasteiger partial charge in [0.15, 0.2) is 6.29 Å². The number of aryl methyl sites for hydroxylation is 1. The van der Waals surface area contributed by atoms with Gasteiger partial charge in [-0.15, -0.1) is 0 Å². The molecule has 2 atom stereocenters. The van der Waals surface area contributed by atoms with Crippen LogP contribution in [0.1, 0.15) is 18.4 Å². The van der Waals surface area contributed by atoms with Crippen molar-refractivity contribution in [3.63, 3.8) is 0 Å². The lowest BCUT2D eigenvalue weighted by atomic mass is 10.2. The predicted octanol–water partition coefficient (Wildman–Crippen LogP) is 1.20. The zero-order valence-electron chi connectivity index (χ0n) is 10.1. The van der Waals surface area contributed by atoms with E-state index in [1.165, 1.54) is 12.1 Å². The molecular weight excluding hydrogens is 256 g/mol. The Morgan fingerprint density at radius 3 is 2.56 bits per heavy atom. The molecule has 1 fully saturated rings. The van der Waals surface area contributed by atoms with E-state index in [9.17, 15) is 8.42 Å². The minimum Gasteiger partial charge on any atom is -0.368 e. The van der Waals surface area contributed by atoms with E-state index < -0.39 is 16.4 Å². The van der Waals surface area contributed by atoms with E-state index in [0.717, 1.165) is 5.56 Å². The fourth-order valence-corrected chi connectivity index (χ4v) is 2.68. The monoisotopic (exact) mass is 272 g/mol. The average molecular weight is 272 g/mol. The maximum Gasteiger partial charge on any atom is 0.297 e. The van der Waals surface area contributed by atoms with Gasteiger partial charge in [-0.25, -0.2) is 0 Å². The highest BCUT2D eigenvalue weighted by atomic mass is 32.2. The first-order chi connectivity index (χ1) is 8.47. The Morgan fingerprint density at radius 1 is 1.33 bits per heavy atom. The molecule has 0 spiro atoms. The van der Waals surface area contributed by atoms with E-state index in [4.69, 9.17) is 14.0 Å². The van der Waals surface area contributed by atoms with Gasteiger partial charge in [0, 0.05) is 6.42 Å². The minimum atomic E-state index is -3.74. The standard InChI is InChI=1S/C12H16O5S/c1-9-2-5-11(6-3-9)18(14,15)16-8-10-4-7-12(13)17-10/h2-3,5-6,10,12-13H,4,7-8H2,1H3. The van der Waals surface area contributed by atoms with Gasteiger partial charge in [-0.2, -0.15) is 8.42 Å². The molecule has 1 N–H and O–H groups in total. The molecule has 2 unspecified atom stereocenters. The number of hydrogen-bond donors (Lipinski definition) is 1. The molecule has 0 amide bonds. The smallest absolute Gasteiger partial charge is 0.297 e. The number of aliphatic hydroxyl groups excluding tert-OH is 1. The van der Waals surface area contributed by atoms with Crippen LogP contribution in [0.5, 0.6) is 0 Å². The number of aliphatic hydroxyl groups is 1. The molecule has 1 aliphatic heterocycles. The highest BCUT2D eigenvalue weighted by Gasteiger charge is 2.26. The second-order valence-electron chi connectivity index (χ2n) is 4.34. The van der Waals surface area contributed by atoms with Crippen molar-refractivity contribution in [3.05, 3.63) is 29.8 Å². The van der Waals surface area contributed by atoms with E-state index in [-0.39, 0.29) is 17.6 Å². The van der Waals surface area contributed by atoms with Crippen molar-refractivity contribution >= 4 is 10.1 Å². The van der Waals surface area contributed by atoms with Gasteiger partial charge >= 0.3 is 0 Å². The van der Waals surface area contributed by atoms with E-state index in [1.54, 1.807) is 12.1 Å². The predicted molar refractivity (Wildman–Crippen MR) is 64.4 cm³/mol. The fourth-order valence-electron chi connectivity index (χ4n) is 1.75. The molecule has 1 heterocycles. The summed E-state index contributed by atoms with van der Waals surface area (Å²) in [6, 6.07) is 6.45. The van der Waals surface area contributed by atoms with Crippen LogP contribution in [0.4, 0.5) is 0 Å². The molecule has 6 heteroatoms. The first-order valence-corrected chi connectivity index (χ1v) is 7.18. The Balaban J connectivity index is 1.97. The molecule has 1 aromatic rings. The maximum atomic E-state index is 11.8. The topological polar surface area (TPSA) is 72.8 Å². The fraction of sp³-hybridized carbons (Fsp3) is 0.500. The zero-order valence-corrected chi connectivity index (χ0v) is 10.9. The van der Waals surface area contributed by atoms with Crippen molar-refractivity contribution in [3.8, 4) is 0 Å². The van der Waals surface area contributed by atoms with Gasteiger partial charge in [0.05, 0.1) is 17.6 Å². The second kappa shape index (κ2) is 5.36. The first kappa shape index (κ1) is 13.5. The molecule has 0 saturated carbocycles. The van der Waals surface area contributed by atoms with Gasteiger partial charge in [0.1, 0.15) is 0 Å². The van der Waals surface area contributed by atoms with Crippen molar-refractivity contribution in [2.24, 2.45) is 0 Å². The maximum absolute atomic E-state index is 11.8. The Hall–Kier alpha value is -0.950. The van der Waals surface area contributed by atoms with Gasteiger partial charge in [0.25, 0.3) is 10.1 Å². The number of benzene rings is 1. The number of hydrogen-bond acceptors (Lipinski definition) is 5. The van der Waals surface area contributed by atoms with Crippen molar-refractivity contribution in [1.82, 2.24) is 0 Å². The summed E-state index contributed by atoms with van der Waals surface area (Å²) in [5, 5.41) is 9.15. The van der Waals surface area contributed by atoms with Gasteiger partial charge in [-0.05, 0) is 25.5 Å². The van der Waals surface area contributed by atoms with Crippen molar-refractivity contribution in [2.75, 3.05) is 6.61 Å². The molecule has 0 aliphatic carbocycles. The van der Waals surface area contributed by atoms with Crippen LogP contribution in [-0.4, -0.2) is 32.5 Å². The van der Waals surface area contributed by atoms with Crippen LogP contribution >= 0.6 is 0 Å². The zero-order chi connectivity index (χ0) is 13.2. The lowest BCUT2D eigenvalue weighted by Gasteiger charge is -2.11. The van der Waals surface area contributed by atoms with Gasteiger partial charge in [0.2, 0.25) is 0 Å². The molecule has 1 saturated heterocycles. The van der Waals surface area contributed by atoms with E-state index in [1.807, 2.05) is 6.92 Å². The largest absolute Gasteiger partial charge is 0.368 e. The Bertz CT molecular complexity index is 494. The average Bonchev–Trinajstić information content (AvgIpc) is 2.73. The molecule has 5 nitrogen and oxygen atoms in total. The van der Waals surface area contributed by atoms with Crippen LogP contribution in [0, 0.1) is 6.92 Å². The van der Waals surface area contributed by atoms with Crippen LogP contribution in [0.2, 0.25) is 0 Å². The van der Waals surface area contributed by atoms with E-state index >= 15 is 0 Å². The minimum absolute atomic E-state index is 0.0622. The lowest BCUT2D eigenvalue weighted by Crippen LogP contribution is -2.19. The molecule has 0 aromatic heterocycles. The molecule has 0 bridgehead atoms. The summed E-state index contributed by atoms with van der Waals surface area (Å²) in [5.74, 6) is 0. The third kappa shape index (κ3) is 3.29. The summed E-state index contributed by atoms with van der Waals surface area (Å²) in [6.45, 7) is 1.82. The summed E-state index contributed by atoms with van der Waals surface area (Å²) in [7, 11) is -3.74. The van der Waals surface area contributed by atoms with Crippen LogP contribution in [0.25, 0.3) is 0 Å². The van der Waals surface area contributed by atoms with E-state index in [2.05, 4.69) is 0 Å². The summed E-state index contributed by atoms with van der Waals surface area (Å²) in [4.78, 5) is 0.131. The van der Waals surface area contributed by atoms with Crippen LogP contribution in [0.3, 0.4) is 0 Å². The highest BCUT2D eigenvalue weighted by molar-refractivity contribution is 7.86. The molecule has 0 radical (unpaired) electrons. The molecule has 1 aliphatic rings. The molecular formula is C12H16O5S. The van der Waals surface area contributed by atoms with Gasteiger partial charge < -0.3 is 9.84 Å². The number of ether oxygens (including phenoxy) is 1. The van der Waals surface area contributed by atoms with Crippen molar-refractivity contribution in [1.29, 1.82) is 0 Å². The van der Waals surface area contributed by atoms with Crippen LogP contribution < -0.4 is 0 Å². The van der Waals surface area contributed by atoms with Crippen LogP contribution in [-0.2, 0) is 19.0 Å². The number of rotatable bonds is 4. The SMILES string of the molecule is Cc1ccc(S(=O)(=O)OCC2CCC(O)O2)cc1. The van der Waals surface area contributed by atoms with Gasteiger partial charge in [-0.1, -0.05) is 17.7 Å². The lowest BCUT2D eigenvalue weighted by molar-refractivity contribution is -0.0981. The molecule has 18 heavy (non-hydrogen) atoms. The van der Waals surface area contributed by atoms with Gasteiger partial charge in [-0.3, -0.25) is 4.18 Å². The third-order valence-corrected chi connectivity index (χ3v) is 4.10. The summed E-state index contributed by atoms with van der Waals surface area (Å²) in [5.41, 5.74) is 0.983. The third-order valence-electron chi connectivity index (χ3n) is 2.80. The summed E-state index contributed by atoms with van der Waals surface area (Å²) < 4.78 is 33.7. The van der Waals surface area contributed by atoms with Crippen molar-refractivity contribution < 1.29 is 22.4 Å². The Kier molecular flexibility index (Phi) is 4.01. The van der Waals surface area contributed by atoms with E-state index in [0.29, 0.717) is 12.8 Å². The normalized spacial score (nSPS) is 24.3. The second-order valence-corrected chi connectivity index (χ2v) is 5.96. The Labute approximate surface area is 106 Å². The quantitative estimate of drug-likeness (QED) is 0.834. The summed E-state index contributed by atoms with van der Waals surface area (Å²) in [6.07, 6.45) is -0.0516.